The number of benzene rings is 3. The van der Waals surface area contributed by atoms with E-state index in [0.717, 1.165) is 37.7 Å². The average molecular weight is 479 g/mol. The molecule has 2 aliphatic heterocycles. The molecule has 0 unspecified atom stereocenters. The minimum absolute atomic E-state index is 0.207. The Morgan fingerprint density at radius 1 is 0.917 bits per heavy atom. The number of ether oxygens (including phenoxy) is 2. The number of hydrogen-bond acceptors (Lipinski definition) is 4. The van der Waals surface area contributed by atoms with Crippen LogP contribution in [0.1, 0.15) is 36.1 Å². The van der Waals surface area contributed by atoms with Crippen LogP contribution >= 0.6 is 0 Å². The number of likely N-dealkylation sites (tertiary alicyclic amines) is 1. The zero-order valence-electron chi connectivity index (χ0n) is 21.4. The molecule has 4 nitrogen and oxygen atoms in total. The molecule has 1 fully saturated rings. The van der Waals surface area contributed by atoms with Gasteiger partial charge in [0.1, 0.15) is 12.4 Å². The molecule has 0 saturated carbocycles. The van der Waals surface area contributed by atoms with Crippen molar-refractivity contribution in [2.45, 2.75) is 37.8 Å². The first-order valence-electron chi connectivity index (χ1n) is 12.9. The summed E-state index contributed by atoms with van der Waals surface area (Å²) in [6.45, 7) is 7.66. The summed E-state index contributed by atoms with van der Waals surface area (Å²) in [4.78, 5) is 7.80. The van der Waals surface area contributed by atoms with Crippen LogP contribution in [0.5, 0.6) is 0 Å². The Labute approximate surface area is 214 Å². The van der Waals surface area contributed by atoms with Gasteiger partial charge in [-0.05, 0) is 42.5 Å². The Morgan fingerprint density at radius 3 is 2.25 bits per heavy atom. The fourth-order valence-electron chi connectivity index (χ4n) is 6.39. The third-order valence-electron chi connectivity index (χ3n) is 7.92. The summed E-state index contributed by atoms with van der Waals surface area (Å²) in [6.07, 6.45) is 0.837. The highest BCUT2D eigenvalue weighted by molar-refractivity contribution is 5.95. The molecule has 4 heteroatoms. The number of aliphatic imine (C=N–C) groups is 1. The topological polar surface area (TPSA) is 34.1 Å². The van der Waals surface area contributed by atoms with Crippen LogP contribution in [0.3, 0.4) is 0 Å². The van der Waals surface area contributed by atoms with Crippen LogP contribution in [-0.4, -0.2) is 43.1 Å². The molecule has 184 valence electrons. The van der Waals surface area contributed by atoms with Gasteiger partial charge in [0.25, 0.3) is 0 Å². The summed E-state index contributed by atoms with van der Waals surface area (Å²) in [5.41, 5.74) is 5.79. The van der Waals surface area contributed by atoms with Crippen molar-refractivity contribution in [3.05, 3.63) is 113 Å². The molecule has 1 aliphatic carbocycles. The van der Waals surface area contributed by atoms with E-state index >= 15 is 0 Å². The van der Waals surface area contributed by atoms with E-state index < -0.39 is 5.41 Å². The maximum Gasteiger partial charge on any atom is 0.195 e. The monoisotopic (exact) mass is 478 g/mol. The summed E-state index contributed by atoms with van der Waals surface area (Å²) in [5.74, 6) is 2.11. The molecule has 0 bridgehead atoms. The molecule has 0 spiro atoms. The van der Waals surface area contributed by atoms with Gasteiger partial charge < -0.3 is 9.47 Å². The molecule has 0 radical (unpaired) electrons. The van der Waals surface area contributed by atoms with E-state index in [4.69, 9.17) is 14.5 Å². The van der Waals surface area contributed by atoms with Crippen molar-refractivity contribution < 1.29 is 9.47 Å². The van der Waals surface area contributed by atoms with Crippen LogP contribution < -0.4 is 0 Å². The van der Waals surface area contributed by atoms with Crippen LogP contribution in [0.2, 0.25) is 0 Å². The Balaban J connectivity index is 1.54. The first kappa shape index (κ1) is 23.1. The van der Waals surface area contributed by atoms with Crippen LogP contribution in [0.25, 0.3) is 5.76 Å². The summed E-state index contributed by atoms with van der Waals surface area (Å²) in [6, 6.07) is 30.3. The SMILES string of the molecule is COC1=C2CN(Cc3ccccc3)C[C@@H]2[C@@](Cc2ccccc2)(C2=NC(C)(C)CO2)c2ccccc21. The quantitative estimate of drug-likeness (QED) is 0.444. The smallest absolute Gasteiger partial charge is 0.195 e. The van der Waals surface area contributed by atoms with Crippen molar-refractivity contribution in [3.63, 3.8) is 0 Å². The first-order valence-corrected chi connectivity index (χ1v) is 12.9. The van der Waals surface area contributed by atoms with E-state index in [1.807, 2.05) is 7.11 Å². The molecule has 0 aromatic heterocycles. The highest BCUT2D eigenvalue weighted by Crippen LogP contribution is 2.53. The van der Waals surface area contributed by atoms with E-state index in [9.17, 15) is 0 Å². The Kier molecular flexibility index (Phi) is 5.72. The molecule has 1 saturated heterocycles. The number of nitrogens with zero attached hydrogens (tertiary/aromatic N) is 2. The summed E-state index contributed by atoms with van der Waals surface area (Å²) in [7, 11) is 1.81. The normalized spacial score (nSPS) is 24.6. The van der Waals surface area contributed by atoms with Gasteiger partial charge in [0.05, 0.1) is 18.1 Å². The molecule has 3 aromatic rings. The van der Waals surface area contributed by atoms with Crippen molar-refractivity contribution in [1.82, 2.24) is 4.90 Å². The summed E-state index contributed by atoms with van der Waals surface area (Å²) >= 11 is 0. The van der Waals surface area contributed by atoms with Gasteiger partial charge in [0, 0.05) is 31.1 Å². The van der Waals surface area contributed by atoms with Gasteiger partial charge in [-0.1, -0.05) is 84.9 Å². The predicted octanol–water partition coefficient (Wildman–Crippen LogP) is 5.88. The summed E-state index contributed by atoms with van der Waals surface area (Å²) in [5, 5.41) is 0. The number of rotatable bonds is 6. The van der Waals surface area contributed by atoms with E-state index in [1.54, 1.807) is 0 Å². The van der Waals surface area contributed by atoms with Crippen molar-refractivity contribution in [3.8, 4) is 0 Å². The van der Waals surface area contributed by atoms with Gasteiger partial charge in [0.2, 0.25) is 0 Å². The average Bonchev–Trinajstić information content (AvgIpc) is 3.48. The largest absolute Gasteiger partial charge is 0.496 e. The highest BCUT2D eigenvalue weighted by Gasteiger charge is 2.57. The number of fused-ring (bicyclic) bond motifs is 2. The lowest BCUT2D eigenvalue weighted by Gasteiger charge is -2.44. The van der Waals surface area contributed by atoms with E-state index in [0.29, 0.717) is 6.61 Å². The first-order chi connectivity index (χ1) is 17.5. The molecular formula is C32H34N2O2. The standard InChI is InChI=1S/C32H34N2O2/c1-31(2)22-36-30(33-31)32(18-23-12-6-4-7-13-23)27-17-11-10-16-25(27)29(35-3)26-20-34(21-28(26)32)19-24-14-8-5-9-15-24/h4-17,28H,18-22H2,1-3H3/t28-,32-/m0/s1. The Bertz CT molecular complexity index is 1310. The van der Waals surface area contributed by atoms with Gasteiger partial charge >= 0.3 is 0 Å². The fourth-order valence-corrected chi connectivity index (χ4v) is 6.39. The van der Waals surface area contributed by atoms with E-state index in [1.165, 1.54) is 27.8 Å². The molecule has 36 heavy (non-hydrogen) atoms. The van der Waals surface area contributed by atoms with Crippen molar-refractivity contribution in [1.29, 1.82) is 0 Å². The van der Waals surface area contributed by atoms with Crippen molar-refractivity contribution >= 4 is 11.7 Å². The van der Waals surface area contributed by atoms with Crippen molar-refractivity contribution in [2.75, 3.05) is 26.8 Å². The van der Waals surface area contributed by atoms with Gasteiger partial charge in [0.15, 0.2) is 5.90 Å². The second-order valence-corrected chi connectivity index (χ2v) is 11.0. The summed E-state index contributed by atoms with van der Waals surface area (Å²) < 4.78 is 12.7. The highest BCUT2D eigenvalue weighted by atomic mass is 16.5. The molecule has 6 rings (SSSR count). The molecule has 2 heterocycles. The molecular weight excluding hydrogens is 444 g/mol. The molecule has 3 aromatic carbocycles. The Morgan fingerprint density at radius 2 is 1.58 bits per heavy atom. The van der Waals surface area contributed by atoms with Gasteiger partial charge in [-0.25, -0.2) is 4.99 Å². The lowest BCUT2D eigenvalue weighted by Crippen LogP contribution is -2.49. The van der Waals surface area contributed by atoms with E-state index in [-0.39, 0.29) is 11.5 Å². The predicted molar refractivity (Wildman–Crippen MR) is 145 cm³/mol. The van der Waals surface area contributed by atoms with Crippen LogP contribution in [0.15, 0.2) is 95.5 Å². The molecule has 2 atom stereocenters. The van der Waals surface area contributed by atoms with Gasteiger partial charge in [-0.15, -0.1) is 0 Å². The zero-order valence-corrected chi connectivity index (χ0v) is 21.4. The third-order valence-corrected chi connectivity index (χ3v) is 7.92. The fraction of sp³-hybridized carbons (Fsp3) is 0.344. The second-order valence-electron chi connectivity index (χ2n) is 11.0. The second kappa shape index (κ2) is 8.94. The maximum absolute atomic E-state index is 6.54. The van der Waals surface area contributed by atoms with Crippen LogP contribution in [-0.2, 0) is 27.9 Å². The van der Waals surface area contributed by atoms with Crippen molar-refractivity contribution in [2.24, 2.45) is 10.9 Å². The molecule has 0 amide bonds. The van der Waals surface area contributed by atoms with Gasteiger partial charge in [-0.2, -0.15) is 0 Å². The number of hydrogen-bond donors (Lipinski definition) is 0. The van der Waals surface area contributed by atoms with Crippen LogP contribution in [0, 0.1) is 5.92 Å². The van der Waals surface area contributed by atoms with Crippen LogP contribution in [0.4, 0.5) is 0 Å². The van der Waals surface area contributed by atoms with E-state index in [2.05, 4.69) is 104 Å². The third kappa shape index (κ3) is 3.84. The molecule has 0 N–H and O–H groups in total. The Hall–Kier alpha value is -3.37. The lowest BCUT2D eigenvalue weighted by atomic mass is 9.60. The number of methoxy groups -OCH3 is 1. The minimum Gasteiger partial charge on any atom is -0.496 e. The lowest BCUT2D eigenvalue weighted by molar-refractivity contribution is 0.230. The molecule has 3 aliphatic rings. The van der Waals surface area contributed by atoms with Gasteiger partial charge in [-0.3, -0.25) is 4.90 Å². The zero-order chi connectivity index (χ0) is 24.8. The minimum atomic E-state index is -0.394. The maximum atomic E-state index is 6.54.